The summed E-state index contributed by atoms with van der Waals surface area (Å²) >= 11 is 0. The Morgan fingerprint density at radius 1 is 1.45 bits per heavy atom. The van der Waals surface area contributed by atoms with Gasteiger partial charge >= 0.3 is 0 Å². The number of hydrogen-bond acceptors (Lipinski definition) is 2. The van der Waals surface area contributed by atoms with Gasteiger partial charge in [0.15, 0.2) is 0 Å². The van der Waals surface area contributed by atoms with Crippen LogP contribution in [0.4, 0.5) is 5.69 Å². The number of rotatable bonds is 1. The van der Waals surface area contributed by atoms with Crippen LogP contribution in [0.3, 0.4) is 0 Å². The lowest BCUT2D eigenvalue weighted by Crippen LogP contribution is -1.82. The summed E-state index contributed by atoms with van der Waals surface area (Å²) in [7, 11) is 0. The second kappa shape index (κ2) is 5.07. The van der Waals surface area contributed by atoms with Crippen molar-refractivity contribution in [2.45, 2.75) is 0 Å². The maximum atomic E-state index is 6.50. The van der Waals surface area contributed by atoms with Gasteiger partial charge in [-0.2, -0.15) is 0 Å². The van der Waals surface area contributed by atoms with Crippen LogP contribution in [0.5, 0.6) is 0 Å². The van der Waals surface area contributed by atoms with E-state index in [0.717, 1.165) is 11.3 Å². The maximum Gasteiger partial charge on any atom is 0.0462 e. The van der Waals surface area contributed by atoms with E-state index in [-0.39, 0.29) is 0 Å². The van der Waals surface area contributed by atoms with E-state index in [2.05, 4.69) is 13.2 Å². The van der Waals surface area contributed by atoms with Gasteiger partial charge in [0.25, 0.3) is 0 Å². The Balaban J connectivity index is 0.000000461. The van der Waals surface area contributed by atoms with Crippen molar-refractivity contribution in [1.29, 1.82) is 5.26 Å². The lowest BCUT2D eigenvalue weighted by Gasteiger charge is -1.92. The summed E-state index contributed by atoms with van der Waals surface area (Å²) in [5.41, 5.74) is 7.34. The highest BCUT2D eigenvalue weighted by atomic mass is 14.5. The van der Waals surface area contributed by atoms with Gasteiger partial charge in [-0.3, -0.25) is 0 Å². The SMILES string of the molecule is C#N.C=Cc1cccc(N)c1. The number of nitriles is 1. The molecule has 1 aromatic carbocycles. The molecule has 0 saturated heterocycles. The van der Waals surface area contributed by atoms with Crippen LogP contribution >= 0.6 is 0 Å². The molecule has 1 aromatic rings. The van der Waals surface area contributed by atoms with Crippen LogP contribution in [0, 0.1) is 11.8 Å². The van der Waals surface area contributed by atoms with E-state index in [0.29, 0.717) is 0 Å². The molecule has 0 bridgehead atoms. The van der Waals surface area contributed by atoms with E-state index >= 15 is 0 Å². The van der Waals surface area contributed by atoms with Crippen molar-refractivity contribution in [2.75, 3.05) is 5.73 Å². The van der Waals surface area contributed by atoms with E-state index in [1.807, 2.05) is 24.3 Å². The predicted octanol–water partition coefficient (Wildman–Crippen LogP) is 2.05. The van der Waals surface area contributed by atoms with Gasteiger partial charge in [0.2, 0.25) is 0 Å². The second-order valence-electron chi connectivity index (χ2n) is 1.87. The number of hydrogen-bond donors (Lipinski definition) is 1. The summed E-state index contributed by atoms with van der Waals surface area (Å²) in [5.74, 6) is 0. The summed E-state index contributed by atoms with van der Waals surface area (Å²) in [6, 6.07) is 7.61. The smallest absolute Gasteiger partial charge is 0.0462 e. The Labute approximate surface area is 66.6 Å². The zero-order valence-electron chi connectivity index (χ0n) is 6.20. The summed E-state index contributed by atoms with van der Waals surface area (Å²) in [5, 5.41) is 6.50. The molecule has 2 nitrogen and oxygen atoms in total. The molecule has 2 heteroatoms. The van der Waals surface area contributed by atoms with Crippen molar-refractivity contribution < 1.29 is 0 Å². The van der Waals surface area contributed by atoms with Gasteiger partial charge in [-0.1, -0.05) is 24.8 Å². The fourth-order valence-corrected chi connectivity index (χ4v) is 0.686. The van der Waals surface area contributed by atoms with Crippen LogP contribution in [0.1, 0.15) is 5.56 Å². The van der Waals surface area contributed by atoms with Crippen LogP contribution in [-0.2, 0) is 0 Å². The molecule has 0 aromatic heterocycles. The van der Waals surface area contributed by atoms with Gasteiger partial charge < -0.3 is 5.73 Å². The Kier molecular flexibility index (Phi) is 4.26. The third-order valence-corrected chi connectivity index (χ3v) is 1.15. The lowest BCUT2D eigenvalue weighted by molar-refractivity contribution is 1.58. The molecule has 56 valence electrons. The Morgan fingerprint density at radius 2 is 2.09 bits per heavy atom. The molecule has 0 fully saturated rings. The quantitative estimate of drug-likeness (QED) is 0.616. The summed E-state index contributed by atoms with van der Waals surface area (Å²) in [4.78, 5) is 0. The van der Waals surface area contributed by atoms with E-state index in [4.69, 9.17) is 11.0 Å². The zero-order valence-corrected chi connectivity index (χ0v) is 6.20. The normalized spacial score (nSPS) is 7.45. The first-order valence-electron chi connectivity index (χ1n) is 3.07. The van der Waals surface area contributed by atoms with Gasteiger partial charge in [-0.25, -0.2) is 5.26 Å². The minimum absolute atomic E-state index is 0.785. The Bertz CT molecular complexity index is 251. The highest BCUT2D eigenvalue weighted by Crippen LogP contribution is 2.06. The summed E-state index contributed by atoms with van der Waals surface area (Å²) < 4.78 is 0. The lowest BCUT2D eigenvalue weighted by atomic mass is 10.2. The average molecular weight is 146 g/mol. The van der Waals surface area contributed by atoms with Gasteiger partial charge in [0.1, 0.15) is 0 Å². The molecule has 11 heavy (non-hydrogen) atoms. The van der Waals surface area contributed by atoms with Crippen molar-refractivity contribution in [2.24, 2.45) is 0 Å². The molecule has 0 unspecified atom stereocenters. The molecule has 2 N–H and O–H groups in total. The standard InChI is InChI=1S/C8H9N.CHN/c1-2-7-4-3-5-8(9)6-7;1-2/h2-6H,1,9H2;1H. The fourth-order valence-electron chi connectivity index (χ4n) is 0.686. The molecule has 0 aliphatic carbocycles. The molecular formula is C9H10N2. The minimum atomic E-state index is 0.785. The van der Waals surface area contributed by atoms with Crippen molar-refractivity contribution in [3.63, 3.8) is 0 Å². The van der Waals surface area contributed by atoms with E-state index in [9.17, 15) is 0 Å². The van der Waals surface area contributed by atoms with E-state index in [1.165, 1.54) is 0 Å². The molecule has 0 aliphatic rings. The first kappa shape index (κ1) is 9.25. The van der Waals surface area contributed by atoms with Crippen molar-refractivity contribution in [3.05, 3.63) is 36.4 Å². The molecule has 1 rings (SSSR count). The Hall–Kier alpha value is -1.75. The topological polar surface area (TPSA) is 49.8 Å². The van der Waals surface area contributed by atoms with Gasteiger partial charge in [0.05, 0.1) is 0 Å². The molecule has 0 spiro atoms. The largest absolute Gasteiger partial charge is 0.399 e. The number of benzene rings is 1. The van der Waals surface area contributed by atoms with Gasteiger partial charge in [-0.15, -0.1) is 0 Å². The van der Waals surface area contributed by atoms with E-state index < -0.39 is 0 Å². The van der Waals surface area contributed by atoms with Crippen molar-refractivity contribution >= 4 is 11.8 Å². The molecule has 0 saturated carbocycles. The minimum Gasteiger partial charge on any atom is -0.399 e. The van der Waals surface area contributed by atoms with Crippen molar-refractivity contribution in [3.8, 4) is 6.57 Å². The maximum absolute atomic E-state index is 6.50. The molecule has 0 aliphatic heterocycles. The van der Waals surface area contributed by atoms with E-state index in [1.54, 1.807) is 6.08 Å². The molecule has 0 heterocycles. The third kappa shape index (κ3) is 3.07. The van der Waals surface area contributed by atoms with Gasteiger partial charge in [-0.05, 0) is 17.7 Å². The summed E-state index contributed by atoms with van der Waals surface area (Å²) in [6.45, 7) is 7.12. The number of anilines is 1. The van der Waals surface area contributed by atoms with Crippen LogP contribution < -0.4 is 5.73 Å². The predicted molar refractivity (Wildman–Crippen MR) is 47.6 cm³/mol. The van der Waals surface area contributed by atoms with Crippen LogP contribution in [0.25, 0.3) is 6.08 Å². The zero-order chi connectivity index (χ0) is 8.69. The highest BCUT2D eigenvalue weighted by molar-refractivity contribution is 5.53. The fraction of sp³-hybridized carbons (Fsp3) is 0. The highest BCUT2D eigenvalue weighted by Gasteiger charge is 1.83. The Morgan fingerprint density at radius 3 is 2.45 bits per heavy atom. The van der Waals surface area contributed by atoms with Crippen LogP contribution in [0.15, 0.2) is 30.8 Å². The average Bonchev–Trinajstić information content (AvgIpc) is 2.08. The van der Waals surface area contributed by atoms with Gasteiger partial charge in [0, 0.05) is 12.3 Å². The number of nitrogens with two attached hydrogens (primary N) is 1. The van der Waals surface area contributed by atoms with Crippen LogP contribution in [0.2, 0.25) is 0 Å². The first-order valence-corrected chi connectivity index (χ1v) is 3.07. The number of nitrogens with zero attached hydrogens (tertiary/aromatic N) is 1. The van der Waals surface area contributed by atoms with Crippen LogP contribution in [-0.4, -0.2) is 0 Å². The molecule has 0 atom stereocenters. The molecule has 0 radical (unpaired) electrons. The number of nitrogen functional groups attached to an aromatic ring is 1. The monoisotopic (exact) mass is 146 g/mol. The first-order chi connectivity index (χ1) is 5.33. The summed E-state index contributed by atoms with van der Waals surface area (Å²) in [6.07, 6.45) is 1.77. The van der Waals surface area contributed by atoms with Crippen molar-refractivity contribution in [1.82, 2.24) is 0 Å². The molecular weight excluding hydrogens is 136 g/mol. The molecule has 0 amide bonds. The second-order valence-corrected chi connectivity index (χ2v) is 1.87. The third-order valence-electron chi connectivity index (χ3n) is 1.15.